The van der Waals surface area contributed by atoms with Gasteiger partial charge in [0.25, 0.3) is 0 Å². The zero-order chi connectivity index (χ0) is 19.1. The van der Waals surface area contributed by atoms with Crippen molar-refractivity contribution in [2.75, 3.05) is 18.5 Å². The summed E-state index contributed by atoms with van der Waals surface area (Å²) in [5.41, 5.74) is 2.31. The molecule has 0 aliphatic carbocycles. The second-order valence-corrected chi connectivity index (χ2v) is 6.55. The molecule has 0 spiro atoms. The second kappa shape index (κ2) is 8.91. The number of nitrogens with one attached hydrogen (secondary N) is 2. The van der Waals surface area contributed by atoms with Crippen LogP contribution in [-0.4, -0.2) is 35.1 Å². The highest BCUT2D eigenvalue weighted by molar-refractivity contribution is 7.19. The standard InChI is InChI=1S/C19H18N4O3S/c1-13-16(14-7-9-20-10-8-14)27-19(22-13)23-18(25)21-11-12-26-17(24)15-5-3-2-4-6-15/h2-10H,11-12H2,1H3,(H2,21,22,23,25). The molecule has 7 nitrogen and oxygen atoms in total. The smallest absolute Gasteiger partial charge is 0.338 e. The highest BCUT2D eigenvalue weighted by Gasteiger charge is 2.12. The van der Waals surface area contributed by atoms with E-state index in [4.69, 9.17) is 4.74 Å². The number of thiazole rings is 1. The van der Waals surface area contributed by atoms with Crippen LogP contribution >= 0.6 is 11.3 Å². The van der Waals surface area contributed by atoms with Gasteiger partial charge in [0.15, 0.2) is 5.13 Å². The summed E-state index contributed by atoms with van der Waals surface area (Å²) in [5, 5.41) is 5.83. The number of esters is 1. The summed E-state index contributed by atoms with van der Waals surface area (Å²) in [4.78, 5) is 33.1. The largest absolute Gasteiger partial charge is 0.460 e. The van der Waals surface area contributed by atoms with Crippen molar-refractivity contribution in [2.24, 2.45) is 0 Å². The molecule has 3 rings (SSSR count). The zero-order valence-corrected chi connectivity index (χ0v) is 15.5. The summed E-state index contributed by atoms with van der Waals surface area (Å²) in [7, 11) is 0. The van der Waals surface area contributed by atoms with Gasteiger partial charge in [-0.05, 0) is 36.8 Å². The average molecular weight is 382 g/mol. The van der Waals surface area contributed by atoms with E-state index < -0.39 is 12.0 Å². The van der Waals surface area contributed by atoms with E-state index in [0.717, 1.165) is 16.1 Å². The molecule has 3 aromatic rings. The van der Waals surface area contributed by atoms with Gasteiger partial charge in [-0.2, -0.15) is 0 Å². The molecule has 2 amide bonds. The molecule has 2 heterocycles. The van der Waals surface area contributed by atoms with Crippen molar-refractivity contribution in [3.63, 3.8) is 0 Å². The van der Waals surface area contributed by atoms with Gasteiger partial charge >= 0.3 is 12.0 Å². The first kappa shape index (κ1) is 18.5. The number of benzene rings is 1. The Hall–Kier alpha value is -3.26. The van der Waals surface area contributed by atoms with Gasteiger partial charge in [0.2, 0.25) is 0 Å². The van der Waals surface area contributed by atoms with Gasteiger partial charge in [0.1, 0.15) is 6.61 Å². The van der Waals surface area contributed by atoms with Crippen LogP contribution in [0.4, 0.5) is 9.93 Å². The predicted molar refractivity (Wildman–Crippen MR) is 104 cm³/mol. The molecule has 8 heteroatoms. The molecule has 1 aromatic carbocycles. The Labute approximate surface area is 160 Å². The molecule has 0 bridgehead atoms. The Balaban J connectivity index is 1.45. The topological polar surface area (TPSA) is 93.2 Å². The lowest BCUT2D eigenvalue weighted by atomic mass is 10.2. The Bertz CT molecular complexity index is 913. The lowest BCUT2D eigenvalue weighted by Gasteiger charge is -2.07. The number of urea groups is 1. The van der Waals surface area contributed by atoms with Crippen molar-refractivity contribution >= 4 is 28.5 Å². The number of ether oxygens (including phenoxy) is 1. The number of hydrogen-bond donors (Lipinski definition) is 2. The quantitative estimate of drug-likeness (QED) is 0.503. The minimum Gasteiger partial charge on any atom is -0.460 e. The average Bonchev–Trinajstić information content (AvgIpc) is 3.06. The number of anilines is 1. The van der Waals surface area contributed by atoms with E-state index >= 15 is 0 Å². The highest BCUT2D eigenvalue weighted by atomic mass is 32.1. The van der Waals surface area contributed by atoms with E-state index in [1.165, 1.54) is 11.3 Å². The Morgan fingerprint density at radius 3 is 2.59 bits per heavy atom. The third-order valence-electron chi connectivity index (χ3n) is 3.59. The maximum atomic E-state index is 12.0. The maximum Gasteiger partial charge on any atom is 0.338 e. The van der Waals surface area contributed by atoms with E-state index in [-0.39, 0.29) is 13.2 Å². The summed E-state index contributed by atoms with van der Waals surface area (Å²) in [5.74, 6) is -0.421. The molecular weight excluding hydrogens is 364 g/mol. The summed E-state index contributed by atoms with van der Waals surface area (Å²) in [6.45, 7) is 2.17. The van der Waals surface area contributed by atoms with Gasteiger partial charge < -0.3 is 10.1 Å². The molecule has 0 aliphatic rings. The van der Waals surface area contributed by atoms with Crippen LogP contribution in [0.25, 0.3) is 10.4 Å². The number of hydrogen-bond acceptors (Lipinski definition) is 6. The van der Waals surface area contributed by atoms with Crippen LogP contribution in [0, 0.1) is 6.92 Å². The van der Waals surface area contributed by atoms with Crippen LogP contribution in [0.1, 0.15) is 16.1 Å². The summed E-state index contributed by atoms with van der Waals surface area (Å²) in [6.07, 6.45) is 3.43. The van der Waals surface area contributed by atoms with Crippen molar-refractivity contribution in [3.05, 3.63) is 66.1 Å². The fourth-order valence-corrected chi connectivity index (χ4v) is 3.30. The molecule has 2 aromatic heterocycles. The molecule has 2 N–H and O–H groups in total. The van der Waals surface area contributed by atoms with Crippen LogP contribution in [-0.2, 0) is 4.74 Å². The fourth-order valence-electron chi connectivity index (χ4n) is 2.33. The Morgan fingerprint density at radius 2 is 1.85 bits per heavy atom. The van der Waals surface area contributed by atoms with Gasteiger partial charge in [-0.1, -0.05) is 29.5 Å². The summed E-state index contributed by atoms with van der Waals surface area (Å²) < 4.78 is 5.11. The Kier molecular flexibility index (Phi) is 6.11. The van der Waals surface area contributed by atoms with E-state index in [0.29, 0.717) is 10.7 Å². The molecule has 0 radical (unpaired) electrons. The number of amides is 2. The van der Waals surface area contributed by atoms with Crippen molar-refractivity contribution < 1.29 is 14.3 Å². The minimum atomic E-state index is -0.421. The molecule has 0 saturated carbocycles. The normalized spacial score (nSPS) is 10.3. The first-order valence-electron chi connectivity index (χ1n) is 8.28. The van der Waals surface area contributed by atoms with Crippen LogP contribution in [0.15, 0.2) is 54.9 Å². The second-order valence-electron chi connectivity index (χ2n) is 5.55. The number of aromatic nitrogens is 2. The molecule has 0 aliphatic heterocycles. The molecular formula is C19H18N4O3S. The van der Waals surface area contributed by atoms with E-state index in [2.05, 4.69) is 20.6 Å². The van der Waals surface area contributed by atoms with Gasteiger partial charge in [-0.15, -0.1) is 0 Å². The van der Waals surface area contributed by atoms with Crippen LogP contribution in [0.5, 0.6) is 0 Å². The highest BCUT2D eigenvalue weighted by Crippen LogP contribution is 2.32. The lowest BCUT2D eigenvalue weighted by molar-refractivity contribution is 0.0510. The predicted octanol–water partition coefficient (Wildman–Crippen LogP) is 3.49. The van der Waals surface area contributed by atoms with Crippen molar-refractivity contribution in [1.29, 1.82) is 0 Å². The molecule has 27 heavy (non-hydrogen) atoms. The number of pyridine rings is 1. The number of rotatable bonds is 6. The van der Waals surface area contributed by atoms with Crippen molar-refractivity contribution in [3.8, 4) is 10.4 Å². The summed E-state index contributed by atoms with van der Waals surface area (Å²) in [6, 6.07) is 12.1. The third kappa shape index (κ3) is 5.11. The van der Waals surface area contributed by atoms with Gasteiger partial charge in [-0.25, -0.2) is 14.6 Å². The maximum absolute atomic E-state index is 12.0. The lowest BCUT2D eigenvalue weighted by Crippen LogP contribution is -2.32. The van der Waals surface area contributed by atoms with Crippen LogP contribution < -0.4 is 10.6 Å². The summed E-state index contributed by atoms with van der Waals surface area (Å²) >= 11 is 1.39. The number of aryl methyl sites for hydroxylation is 1. The molecule has 0 saturated heterocycles. The van der Waals surface area contributed by atoms with Crippen molar-refractivity contribution in [2.45, 2.75) is 6.92 Å². The molecule has 0 unspecified atom stereocenters. The van der Waals surface area contributed by atoms with E-state index in [1.807, 2.05) is 25.1 Å². The number of carbonyl (C=O) groups is 2. The third-order valence-corrected chi connectivity index (χ3v) is 4.71. The minimum absolute atomic E-state index is 0.0836. The van der Waals surface area contributed by atoms with E-state index in [1.54, 1.807) is 36.7 Å². The molecule has 0 fully saturated rings. The van der Waals surface area contributed by atoms with Gasteiger partial charge in [-0.3, -0.25) is 10.3 Å². The Morgan fingerprint density at radius 1 is 1.11 bits per heavy atom. The van der Waals surface area contributed by atoms with E-state index in [9.17, 15) is 9.59 Å². The number of nitrogens with zero attached hydrogens (tertiary/aromatic N) is 2. The first-order chi connectivity index (χ1) is 13.1. The number of carbonyl (C=O) groups excluding carboxylic acids is 2. The van der Waals surface area contributed by atoms with Crippen LogP contribution in [0.3, 0.4) is 0 Å². The van der Waals surface area contributed by atoms with Crippen molar-refractivity contribution in [1.82, 2.24) is 15.3 Å². The molecule has 0 atom stereocenters. The van der Waals surface area contributed by atoms with Crippen LogP contribution in [0.2, 0.25) is 0 Å². The van der Waals surface area contributed by atoms with Gasteiger partial charge in [0.05, 0.1) is 22.7 Å². The molecule has 138 valence electrons. The fraction of sp³-hybridized carbons (Fsp3) is 0.158. The first-order valence-corrected chi connectivity index (χ1v) is 9.10. The SMILES string of the molecule is Cc1nc(NC(=O)NCCOC(=O)c2ccccc2)sc1-c1ccncc1. The van der Waals surface area contributed by atoms with Gasteiger partial charge in [0, 0.05) is 12.4 Å². The zero-order valence-electron chi connectivity index (χ0n) is 14.6. The monoisotopic (exact) mass is 382 g/mol.